The number of anilines is 3. The van der Waals surface area contributed by atoms with Gasteiger partial charge < -0.3 is 24.1 Å². The molecule has 0 amide bonds. The third-order valence-electron chi connectivity index (χ3n) is 5.21. The van der Waals surface area contributed by atoms with Gasteiger partial charge in [0.1, 0.15) is 17.2 Å². The van der Waals surface area contributed by atoms with Crippen LogP contribution in [-0.4, -0.2) is 44.7 Å². The maximum atomic E-state index is 13.2. The summed E-state index contributed by atoms with van der Waals surface area (Å²) in [5.74, 6) is 1.40. The molecule has 0 atom stereocenters. The molecule has 0 fully saturated rings. The quantitative estimate of drug-likeness (QED) is 0.363. The van der Waals surface area contributed by atoms with E-state index in [0.29, 0.717) is 28.2 Å². The Morgan fingerprint density at radius 2 is 1.71 bits per heavy atom. The summed E-state index contributed by atoms with van der Waals surface area (Å²) in [7, 11) is 1.98. The average molecular weight is 488 g/mol. The minimum Gasteiger partial charge on any atom is -0.495 e. The van der Waals surface area contributed by atoms with Gasteiger partial charge in [0.2, 0.25) is 0 Å². The number of hydrogen-bond donors (Lipinski definition) is 2. The second-order valence-corrected chi connectivity index (χ2v) is 8.95. The van der Waals surface area contributed by atoms with E-state index in [1.54, 1.807) is 22.9 Å². The lowest BCUT2D eigenvalue weighted by molar-refractivity contribution is 0.373. The first-order chi connectivity index (χ1) is 16.3. The monoisotopic (exact) mass is 487 g/mol. The van der Waals surface area contributed by atoms with Crippen LogP contribution in [-0.2, 0) is 23.5 Å². The van der Waals surface area contributed by atoms with Gasteiger partial charge in [0.25, 0.3) is 10.0 Å². The molecule has 180 valence electrons. The van der Waals surface area contributed by atoms with Crippen molar-refractivity contribution in [2.45, 2.75) is 18.2 Å². The van der Waals surface area contributed by atoms with Crippen LogP contribution in [0.2, 0.25) is 0 Å². The minimum atomic E-state index is -4.14. The first kappa shape index (κ1) is 23.2. The molecule has 2 aromatic carbocycles. The van der Waals surface area contributed by atoms with Crippen molar-refractivity contribution in [3.8, 4) is 17.2 Å². The van der Waals surface area contributed by atoms with E-state index in [-0.39, 0.29) is 22.2 Å². The summed E-state index contributed by atoms with van der Waals surface area (Å²) in [4.78, 5) is -0.149. The smallest absolute Gasteiger partial charge is 0.270 e. The van der Waals surface area contributed by atoms with Gasteiger partial charge in [-0.3, -0.25) is 9.40 Å². The third-order valence-corrected chi connectivity index (χ3v) is 6.61. The number of fused-ring (bicyclic) bond motifs is 1. The number of methoxy groups -OCH3 is 3. The van der Waals surface area contributed by atoms with Crippen LogP contribution in [0.3, 0.4) is 0 Å². The summed E-state index contributed by atoms with van der Waals surface area (Å²) in [6.07, 6.45) is 2.72. The minimum absolute atomic E-state index is 0.0000995. The van der Waals surface area contributed by atoms with Gasteiger partial charge in [0.15, 0.2) is 22.1 Å². The molecule has 2 N–H and O–H groups in total. The predicted molar refractivity (Wildman–Crippen MR) is 127 cm³/mol. The summed E-state index contributed by atoms with van der Waals surface area (Å²) < 4.78 is 52.1. The van der Waals surface area contributed by atoms with E-state index in [1.165, 1.54) is 33.5 Å². The van der Waals surface area contributed by atoms with E-state index in [9.17, 15) is 8.42 Å². The van der Waals surface area contributed by atoms with Gasteiger partial charge in [-0.1, -0.05) is 18.1 Å². The van der Waals surface area contributed by atoms with Crippen molar-refractivity contribution in [1.29, 1.82) is 0 Å². The van der Waals surface area contributed by atoms with Crippen molar-refractivity contribution in [1.82, 2.24) is 14.9 Å². The molecule has 11 nitrogen and oxygen atoms in total. The van der Waals surface area contributed by atoms with Crippen LogP contribution in [0.5, 0.6) is 17.2 Å². The van der Waals surface area contributed by atoms with E-state index in [0.717, 1.165) is 12.0 Å². The van der Waals surface area contributed by atoms with Crippen molar-refractivity contribution in [2.75, 3.05) is 31.4 Å². The first-order valence-corrected chi connectivity index (χ1v) is 11.8. The Hall–Kier alpha value is -3.93. The second-order valence-electron chi connectivity index (χ2n) is 7.33. The van der Waals surface area contributed by atoms with Crippen LogP contribution in [0.4, 0.5) is 17.3 Å². The molecule has 0 bridgehead atoms. The van der Waals surface area contributed by atoms with Crippen LogP contribution in [0, 0.1) is 0 Å². The van der Waals surface area contributed by atoms with Gasteiger partial charge in [-0.05, 0) is 24.6 Å². The number of benzene rings is 2. The average Bonchev–Trinajstić information content (AvgIpc) is 3.39. The molecule has 0 unspecified atom stereocenters. The normalized spacial score (nSPS) is 11.4. The Kier molecular flexibility index (Phi) is 6.24. The van der Waals surface area contributed by atoms with Gasteiger partial charge >= 0.3 is 0 Å². The molecular weight excluding hydrogens is 462 g/mol. The van der Waals surface area contributed by atoms with Gasteiger partial charge in [-0.25, -0.2) is 8.42 Å². The molecule has 0 aliphatic carbocycles. The molecule has 2 aromatic heterocycles. The van der Waals surface area contributed by atoms with Crippen LogP contribution in [0.15, 0.2) is 45.9 Å². The molecule has 2 heterocycles. The molecule has 0 saturated carbocycles. The topological polar surface area (TPSA) is 130 Å². The summed E-state index contributed by atoms with van der Waals surface area (Å²) >= 11 is 0. The number of rotatable bonds is 9. The Morgan fingerprint density at radius 3 is 2.32 bits per heavy atom. The number of hydrogen-bond acceptors (Lipinski definition) is 9. The van der Waals surface area contributed by atoms with E-state index in [4.69, 9.17) is 18.7 Å². The van der Waals surface area contributed by atoms with Crippen LogP contribution in [0.25, 0.3) is 11.0 Å². The van der Waals surface area contributed by atoms with E-state index in [2.05, 4.69) is 20.3 Å². The summed E-state index contributed by atoms with van der Waals surface area (Å²) in [5.41, 5.74) is 1.98. The fraction of sp³-hybridized carbons (Fsp3) is 0.273. The fourth-order valence-corrected chi connectivity index (χ4v) is 4.93. The van der Waals surface area contributed by atoms with Crippen LogP contribution in [0.1, 0.15) is 12.5 Å². The van der Waals surface area contributed by atoms with Crippen molar-refractivity contribution < 1.29 is 27.2 Å². The van der Waals surface area contributed by atoms with Crippen LogP contribution < -0.4 is 24.2 Å². The lowest BCUT2D eigenvalue weighted by Gasteiger charge is -2.14. The highest BCUT2D eigenvalue weighted by Gasteiger charge is 2.27. The standard InChI is InChI=1S/C22H25N5O6S/c1-6-13-12-27(2)24-21(13)23-15-11-18-14(10-19(15)32-5)22(25-33-18)26-34(28,29)20-16(30-3)8-7-9-17(20)31-4/h7-12H,6H2,1-5H3,(H,23,24)(H,25,26). The highest BCUT2D eigenvalue weighted by molar-refractivity contribution is 7.93. The van der Waals surface area contributed by atoms with Crippen molar-refractivity contribution in [2.24, 2.45) is 7.05 Å². The SMILES string of the molecule is CCc1cn(C)nc1Nc1cc2onc(NS(=O)(=O)c3c(OC)cccc3OC)c2cc1OC. The molecule has 4 rings (SSSR count). The zero-order valence-electron chi connectivity index (χ0n) is 19.4. The summed E-state index contributed by atoms with van der Waals surface area (Å²) in [6, 6.07) is 8.01. The lowest BCUT2D eigenvalue weighted by Crippen LogP contribution is -2.15. The Balaban J connectivity index is 1.73. The number of nitrogens with zero attached hydrogens (tertiary/aromatic N) is 3. The zero-order chi connectivity index (χ0) is 24.5. The number of aryl methyl sites for hydroxylation is 2. The predicted octanol–water partition coefficient (Wildman–Crippen LogP) is 3.69. The van der Waals surface area contributed by atoms with Gasteiger partial charge in [-0.2, -0.15) is 5.10 Å². The fourth-order valence-electron chi connectivity index (χ4n) is 3.59. The maximum absolute atomic E-state index is 13.2. The van der Waals surface area contributed by atoms with Crippen molar-refractivity contribution in [3.05, 3.63) is 42.1 Å². The lowest BCUT2D eigenvalue weighted by atomic mass is 10.2. The summed E-state index contributed by atoms with van der Waals surface area (Å²) in [5, 5.41) is 12.0. The van der Waals surface area contributed by atoms with Gasteiger partial charge in [-0.15, -0.1) is 0 Å². The maximum Gasteiger partial charge on any atom is 0.270 e. The second kappa shape index (κ2) is 9.14. The number of sulfonamides is 1. The molecule has 0 radical (unpaired) electrons. The Labute approximate surface area is 196 Å². The van der Waals surface area contributed by atoms with Crippen molar-refractivity contribution >= 4 is 38.3 Å². The number of aromatic nitrogens is 3. The molecule has 0 aliphatic rings. The van der Waals surface area contributed by atoms with Gasteiger partial charge in [0.05, 0.1) is 32.4 Å². The molecule has 34 heavy (non-hydrogen) atoms. The van der Waals surface area contributed by atoms with Crippen molar-refractivity contribution in [3.63, 3.8) is 0 Å². The number of ether oxygens (including phenoxy) is 3. The Morgan fingerprint density at radius 1 is 1.03 bits per heavy atom. The first-order valence-electron chi connectivity index (χ1n) is 10.3. The van der Waals surface area contributed by atoms with E-state index < -0.39 is 10.0 Å². The van der Waals surface area contributed by atoms with E-state index in [1.807, 2.05) is 20.2 Å². The Bertz CT molecular complexity index is 1420. The van der Waals surface area contributed by atoms with Crippen LogP contribution >= 0.6 is 0 Å². The summed E-state index contributed by atoms with van der Waals surface area (Å²) in [6.45, 7) is 2.04. The molecule has 0 saturated heterocycles. The van der Waals surface area contributed by atoms with Gasteiger partial charge in [0, 0.05) is 24.9 Å². The van der Waals surface area contributed by atoms with E-state index >= 15 is 0 Å². The number of nitrogens with one attached hydrogen (secondary N) is 2. The third kappa shape index (κ3) is 4.19. The molecule has 0 aliphatic heterocycles. The molecule has 0 spiro atoms. The molecular formula is C22H25N5O6S. The molecule has 12 heteroatoms. The highest BCUT2D eigenvalue weighted by atomic mass is 32.2. The largest absolute Gasteiger partial charge is 0.495 e. The highest BCUT2D eigenvalue weighted by Crippen LogP contribution is 2.38. The molecule has 4 aromatic rings. The zero-order valence-corrected chi connectivity index (χ0v) is 20.2.